The summed E-state index contributed by atoms with van der Waals surface area (Å²) in [5.74, 6) is 1.84. The zero-order chi connectivity index (χ0) is 14.4. The molecule has 0 bridgehead atoms. The lowest BCUT2D eigenvalue weighted by atomic mass is 9.85. The summed E-state index contributed by atoms with van der Waals surface area (Å²) in [6, 6.07) is 8.40. The van der Waals surface area contributed by atoms with E-state index in [4.69, 9.17) is 4.74 Å². The Morgan fingerprint density at radius 1 is 1.25 bits per heavy atom. The van der Waals surface area contributed by atoms with Crippen molar-refractivity contribution in [3.8, 4) is 5.75 Å². The molecular formula is C18H28O2. The van der Waals surface area contributed by atoms with Crippen molar-refractivity contribution < 1.29 is 9.84 Å². The molecule has 1 saturated carbocycles. The molecule has 1 aromatic rings. The van der Waals surface area contributed by atoms with Gasteiger partial charge in [0.15, 0.2) is 0 Å². The fourth-order valence-electron chi connectivity index (χ4n) is 3.02. The van der Waals surface area contributed by atoms with Crippen molar-refractivity contribution in [3.05, 3.63) is 29.8 Å². The Balaban J connectivity index is 1.83. The number of hydrogen-bond donors (Lipinski definition) is 1. The first kappa shape index (κ1) is 15.4. The largest absolute Gasteiger partial charge is 0.490 e. The maximum Gasteiger partial charge on any atom is 0.119 e. The first-order valence-corrected chi connectivity index (χ1v) is 8.11. The van der Waals surface area contributed by atoms with Crippen LogP contribution in [-0.2, 0) is 6.42 Å². The molecule has 2 rings (SSSR count). The van der Waals surface area contributed by atoms with E-state index in [1.165, 1.54) is 37.7 Å². The van der Waals surface area contributed by atoms with Gasteiger partial charge in [0.2, 0.25) is 0 Å². The minimum absolute atomic E-state index is 0.223. The minimum atomic E-state index is -0.223. The lowest BCUT2D eigenvalue weighted by Crippen LogP contribution is -2.25. The maximum absolute atomic E-state index is 9.31. The van der Waals surface area contributed by atoms with E-state index in [0.29, 0.717) is 6.10 Å². The highest BCUT2D eigenvalue weighted by Gasteiger charge is 2.21. The van der Waals surface area contributed by atoms with Gasteiger partial charge in [-0.1, -0.05) is 31.9 Å². The predicted octanol–water partition coefficient (Wildman–Crippen LogP) is 4.35. The Morgan fingerprint density at radius 3 is 2.65 bits per heavy atom. The molecule has 1 aliphatic carbocycles. The number of hydrogen-bond acceptors (Lipinski definition) is 2. The van der Waals surface area contributed by atoms with Gasteiger partial charge in [-0.05, 0) is 62.6 Å². The van der Waals surface area contributed by atoms with Gasteiger partial charge in [-0.2, -0.15) is 0 Å². The molecule has 2 heteroatoms. The van der Waals surface area contributed by atoms with Crippen LogP contribution in [0.4, 0.5) is 0 Å². The van der Waals surface area contributed by atoms with Crippen LogP contribution >= 0.6 is 0 Å². The fraction of sp³-hybridized carbons (Fsp3) is 0.667. The van der Waals surface area contributed by atoms with Crippen molar-refractivity contribution >= 4 is 0 Å². The van der Waals surface area contributed by atoms with Crippen LogP contribution in [-0.4, -0.2) is 17.3 Å². The van der Waals surface area contributed by atoms with Gasteiger partial charge in [0.25, 0.3) is 0 Å². The lowest BCUT2D eigenvalue weighted by molar-refractivity contribution is 0.122. The molecule has 112 valence electrons. The molecule has 3 atom stereocenters. The van der Waals surface area contributed by atoms with Crippen LogP contribution in [0.2, 0.25) is 0 Å². The summed E-state index contributed by atoms with van der Waals surface area (Å²) in [6.07, 6.45) is 8.28. The summed E-state index contributed by atoms with van der Waals surface area (Å²) >= 11 is 0. The van der Waals surface area contributed by atoms with Crippen molar-refractivity contribution in [2.45, 2.75) is 71.0 Å². The summed E-state index contributed by atoms with van der Waals surface area (Å²) in [5, 5.41) is 9.31. The van der Waals surface area contributed by atoms with E-state index in [1.54, 1.807) is 0 Å². The molecule has 0 saturated heterocycles. The molecule has 0 amide bonds. The van der Waals surface area contributed by atoms with Crippen LogP contribution in [0.25, 0.3) is 0 Å². The number of aliphatic hydroxyl groups is 1. The maximum atomic E-state index is 9.31. The van der Waals surface area contributed by atoms with Gasteiger partial charge in [-0.15, -0.1) is 0 Å². The molecule has 1 N–H and O–H groups in total. The minimum Gasteiger partial charge on any atom is -0.490 e. The molecular weight excluding hydrogens is 248 g/mol. The lowest BCUT2D eigenvalue weighted by Gasteiger charge is -2.29. The van der Waals surface area contributed by atoms with E-state index in [2.05, 4.69) is 31.2 Å². The third-order valence-corrected chi connectivity index (χ3v) is 4.39. The second-order valence-electron chi connectivity index (χ2n) is 6.21. The average molecular weight is 276 g/mol. The number of ether oxygens (including phenoxy) is 1. The van der Waals surface area contributed by atoms with E-state index in [9.17, 15) is 5.11 Å². The van der Waals surface area contributed by atoms with Gasteiger partial charge in [0.1, 0.15) is 5.75 Å². The van der Waals surface area contributed by atoms with E-state index in [0.717, 1.165) is 24.5 Å². The highest BCUT2D eigenvalue weighted by molar-refractivity contribution is 5.27. The second kappa shape index (κ2) is 7.68. The van der Waals surface area contributed by atoms with Crippen molar-refractivity contribution in [1.29, 1.82) is 0 Å². The molecule has 1 aromatic carbocycles. The van der Waals surface area contributed by atoms with Crippen LogP contribution in [0.5, 0.6) is 5.75 Å². The van der Waals surface area contributed by atoms with Crippen LogP contribution in [0, 0.1) is 5.92 Å². The second-order valence-corrected chi connectivity index (χ2v) is 6.21. The SMILES string of the molecule is CCC1CCCC(Oc2ccc(CCC(C)O)cc2)C1. The van der Waals surface area contributed by atoms with Gasteiger partial charge in [-0.3, -0.25) is 0 Å². The van der Waals surface area contributed by atoms with E-state index < -0.39 is 0 Å². The molecule has 0 radical (unpaired) electrons. The van der Waals surface area contributed by atoms with Crippen molar-refractivity contribution in [3.63, 3.8) is 0 Å². The Bertz CT molecular complexity index is 383. The normalized spacial score (nSPS) is 24.4. The Kier molecular flexibility index (Phi) is 5.90. The molecule has 1 fully saturated rings. The van der Waals surface area contributed by atoms with Crippen LogP contribution in [0.1, 0.15) is 57.9 Å². The molecule has 3 unspecified atom stereocenters. The number of aryl methyl sites for hydroxylation is 1. The average Bonchev–Trinajstić information content (AvgIpc) is 2.47. The monoisotopic (exact) mass is 276 g/mol. The third-order valence-electron chi connectivity index (χ3n) is 4.39. The van der Waals surface area contributed by atoms with E-state index >= 15 is 0 Å². The molecule has 0 spiro atoms. The summed E-state index contributed by atoms with van der Waals surface area (Å²) < 4.78 is 6.12. The number of aliphatic hydroxyl groups excluding tert-OH is 1. The molecule has 0 aromatic heterocycles. The summed E-state index contributed by atoms with van der Waals surface area (Å²) in [4.78, 5) is 0. The molecule has 0 heterocycles. The van der Waals surface area contributed by atoms with Gasteiger partial charge in [0.05, 0.1) is 12.2 Å². The smallest absolute Gasteiger partial charge is 0.119 e. The predicted molar refractivity (Wildman–Crippen MR) is 83.1 cm³/mol. The molecule has 2 nitrogen and oxygen atoms in total. The summed E-state index contributed by atoms with van der Waals surface area (Å²) in [6.45, 7) is 4.12. The molecule has 20 heavy (non-hydrogen) atoms. The first-order chi connectivity index (χ1) is 9.67. The van der Waals surface area contributed by atoms with Crippen LogP contribution < -0.4 is 4.74 Å². The standard InChI is InChI=1S/C18H28O2/c1-3-15-5-4-6-18(13-15)20-17-11-9-16(10-12-17)8-7-14(2)19/h9-12,14-15,18-19H,3-8,13H2,1-2H3. The summed E-state index contributed by atoms with van der Waals surface area (Å²) in [7, 11) is 0. The van der Waals surface area contributed by atoms with Crippen molar-refractivity contribution in [1.82, 2.24) is 0 Å². The molecule has 0 aliphatic heterocycles. The third kappa shape index (κ3) is 4.82. The Labute approximate surface area is 123 Å². The number of benzene rings is 1. The van der Waals surface area contributed by atoms with Crippen molar-refractivity contribution in [2.75, 3.05) is 0 Å². The van der Waals surface area contributed by atoms with Crippen molar-refractivity contribution in [2.24, 2.45) is 5.92 Å². The Morgan fingerprint density at radius 2 is 2.00 bits per heavy atom. The first-order valence-electron chi connectivity index (χ1n) is 8.11. The van der Waals surface area contributed by atoms with E-state index in [1.807, 2.05) is 6.92 Å². The molecule has 1 aliphatic rings. The van der Waals surface area contributed by atoms with Gasteiger partial charge < -0.3 is 9.84 Å². The van der Waals surface area contributed by atoms with Gasteiger partial charge in [-0.25, -0.2) is 0 Å². The zero-order valence-corrected chi connectivity index (χ0v) is 12.8. The number of rotatable bonds is 6. The van der Waals surface area contributed by atoms with Crippen LogP contribution in [0.3, 0.4) is 0 Å². The van der Waals surface area contributed by atoms with Crippen LogP contribution in [0.15, 0.2) is 24.3 Å². The zero-order valence-electron chi connectivity index (χ0n) is 12.8. The highest BCUT2D eigenvalue weighted by atomic mass is 16.5. The summed E-state index contributed by atoms with van der Waals surface area (Å²) in [5.41, 5.74) is 1.27. The van der Waals surface area contributed by atoms with E-state index in [-0.39, 0.29) is 6.10 Å². The Hall–Kier alpha value is -1.02. The highest BCUT2D eigenvalue weighted by Crippen LogP contribution is 2.29. The quantitative estimate of drug-likeness (QED) is 0.837. The van der Waals surface area contributed by atoms with Gasteiger partial charge >= 0.3 is 0 Å². The fourth-order valence-corrected chi connectivity index (χ4v) is 3.02. The topological polar surface area (TPSA) is 29.5 Å². The van der Waals surface area contributed by atoms with Gasteiger partial charge in [0, 0.05) is 0 Å².